The van der Waals surface area contributed by atoms with Gasteiger partial charge >= 0.3 is 10.4 Å². The van der Waals surface area contributed by atoms with Crippen LogP contribution in [-0.4, -0.2) is 109 Å². The van der Waals surface area contributed by atoms with Gasteiger partial charge in [-0.1, -0.05) is 11.6 Å². The second-order valence-corrected chi connectivity index (χ2v) is 18.8. The Labute approximate surface area is 343 Å². The van der Waals surface area contributed by atoms with Crippen molar-refractivity contribution in [2.45, 2.75) is 16.7 Å². The van der Waals surface area contributed by atoms with Gasteiger partial charge in [-0.25, -0.2) is 22.6 Å². The second kappa shape index (κ2) is 17.3. The van der Waals surface area contributed by atoms with E-state index in [0.717, 1.165) is 30.6 Å². The van der Waals surface area contributed by atoms with Crippen LogP contribution in [0.3, 0.4) is 0 Å². The van der Waals surface area contributed by atoms with E-state index in [-0.39, 0.29) is 57.7 Å². The Morgan fingerprint density at radius 2 is 1.59 bits per heavy atom. The largest absolute Gasteiger partial charge is 0.505 e. The fraction of sp³-hybridized carbons (Fsp3) is 0.207. The van der Waals surface area contributed by atoms with E-state index in [4.69, 9.17) is 27.8 Å². The molecule has 0 amide bonds. The van der Waals surface area contributed by atoms with Gasteiger partial charge < -0.3 is 20.6 Å². The summed E-state index contributed by atoms with van der Waals surface area (Å²) in [5.74, 6) is -3.89. The number of hydrogen-bond acceptors (Lipinski definition) is 20. The minimum absolute atomic E-state index is 0.00367. The highest BCUT2D eigenvalue weighted by atomic mass is 35.5. The van der Waals surface area contributed by atoms with E-state index < -0.39 is 96.1 Å². The Bertz CT molecular complexity index is 2970. The zero-order valence-corrected chi connectivity index (χ0v) is 34.5. The summed E-state index contributed by atoms with van der Waals surface area (Å²) in [6.07, 6.45) is 0.868. The van der Waals surface area contributed by atoms with E-state index in [1.54, 1.807) is 0 Å². The molecule has 0 unspecified atom stereocenters. The third-order valence-electron chi connectivity index (χ3n) is 7.70. The number of rotatable bonds is 16. The summed E-state index contributed by atoms with van der Waals surface area (Å²) in [6.45, 7) is 0.293. The standard InChI is InChI=1S/C29H27Cl2FN10O13S4/c1-14-9-15-10-17(57(46,47)48)12-19(36-28-37-27(31)38-29(39-28)42(2)5-7-56(44,45)8-6-55-59(52,53)54)21(15)24(43)23(14)41-40-18-11-16(3-4-20(18)58(49,50)51)35-26-22(30)25(32)33-13-34-26/h3-4,9-13,43H,5-8H2,1-2H3,(H,33,34,35)(H,46,47,48)(H,49,50,51)(H,52,53,54)(H,36,37,38,39). The van der Waals surface area contributed by atoms with E-state index >= 15 is 0 Å². The minimum Gasteiger partial charge on any atom is -0.505 e. The van der Waals surface area contributed by atoms with Crippen molar-refractivity contribution in [3.63, 3.8) is 0 Å². The molecule has 316 valence electrons. The molecule has 0 radical (unpaired) electrons. The molecule has 0 bridgehead atoms. The number of phenols is 1. The van der Waals surface area contributed by atoms with Crippen molar-refractivity contribution in [1.82, 2.24) is 24.9 Å². The molecule has 59 heavy (non-hydrogen) atoms. The van der Waals surface area contributed by atoms with Crippen LogP contribution in [0.25, 0.3) is 10.8 Å². The minimum atomic E-state index is -4.93. The lowest BCUT2D eigenvalue weighted by Gasteiger charge is -2.18. The molecule has 3 aromatic carbocycles. The number of anilines is 5. The highest BCUT2D eigenvalue weighted by Crippen LogP contribution is 2.44. The Balaban J connectivity index is 1.54. The molecule has 0 spiro atoms. The molecule has 2 heterocycles. The molecule has 6 N–H and O–H groups in total. The van der Waals surface area contributed by atoms with E-state index in [0.29, 0.717) is 0 Å². The summed E-state index contributed by atoms with van der Waals surface area (Å²) in [6, 6.07) is 6.43. The van der Waals surface area contributed by atoms with E-state index in [1.807, 2.05) is 0 Å². The maximum absolute atomic E-state index is 13.9. The first-order valence-corrected chi connectivity index (χ1v) is 22.6. The predicted molar refractivity (Wildman–Crippen MR) is 208 cm³/mol. The van der Waals surface area contributed by atoms with Crippen LogP contribution >= 0.6 is 23.2 Å². The van der Waals surface area contributed by atoms with Crippen molar-refractivity contribution in [2.75, 3.05) is 47.2 Å². The topological polar surface area (TPSA) is 343 Å². The number of fused-ring (bicyclic) bond motifs is 1. The third-order valence-corrected chi connectivity index (χ3v) is 12.0. The molecule has 0 atom stereocenters. The van der Waals surface area contributed by atoms with Gasteiger partial charge in [0.25, 0.3) is 20.2 Å². The molecule has 30 heteroatoms. The van der Waals surface area contributed by atoms with Crippen LogP contribution in [0.15, 0.2) is 62.7 Å². The Hall–Kier alpha value is -5.04. The number of phenolic OH excluding ortho intramolecular Hbond substituents is 1. The number of halogens is 3. The number of nitrogens with zero attached hydrogens (tertiary/aromatic N) is 8. The number of sulfone groups is 1. The molecule has 0 saturated carbocycles. The van der Waals surface area contributed by atoms with Crippen LogP contribution < -0.4 is 15.5 Å². The van der Waals surface area contributed by atoms with Gasteiger partial charge in [0.15, 0.2) is 21.4 Å². The predicted octanol–water partition coefficient (Wildman–Crippen LogP) is 4.34. The van der Waals surface area contributed by atoms with Gasteiger partial charge in [0.2, 0.25) is 23.1 Å². The fourth-order valence-corrected chi connectivity index (χ4v) is 7.93. The van der Waals surface area contributed by atoms with Crippen LogP contribution in [0.5, 0.6) is 5.75 Å². The molecule has 0 aliphatic heterocycles. The van der Waals surface area contributed by atoms with Crippen molar-refractivity contribution in [3.8, 4) is 5.75 Å². The SMILES string of the molecule is Cc1cc2cc(S(=O)(=O)O)cc(Nc3nc(Cl)nc(N(C)CCS(=O)(=O)CCOS(=O)(=O)O)n3)c2c(O)c1N=Nc1cc(Nc2ncnc(F)c2Cl)ccc1S(=O)(=O)O. The van der Waals surface area contributed by atoms with Crippen molar-refractivity contribution < 1.29 is 61.0 Å². The lowest BCUT2D eigenvalue weighted by molar-refractivity contribution is 0.284. The van der Waals surface area contributed by atoms with E-state index in [9.17, 15) is 52.3 Å². The molecule has 0 saturated heterocycles. The van der Waals surface area contributed by atoms with Gasteiger partial charge in [0.1, 0.15) is 27.6 Å². The quantitative estimate of drug-likeness (QED) is 0.0455. The maximum atomic E-state index is 13.9. The van der Waals surface area contributed by atoms with Crippen molar-refractivity contribution in [3.05, 3.63) is 64.5 Å². The number of hydrogen-bond donors (Lipinski definition) is 6. The van der Waals surface area contributed by atoms with E-state index in [2.05, 4.69) is 50.0 Å². The van der Waals surface area contributed by atoms with Crippen molar-refractivity contribution in [2.24, 2.45) is 10.2 Å². The molecular weight excluding hydrogens is 915 g/mol. The average molecular weight is 942 g/mol. The first-order valence-electron chi connectivity index (χ1n) is 15.8. The first kappa shape index (κ1) is 45.1. The highest BCUT2D eigenvalue weighted by molar-refractivity contribution is 7.91. The Kier molecular flexibility index (Phi) is 13.2. The lowest BCUT2D eigenvalue weighted by Crippen LogP contribution is -2.29. The maximum Gasteiger partial charge on any atom is 0.397 e. The Morgan fingerprint density at radius 3 is 2.25 bits per heavy atom. The number of nitrogens with one attached hydrogen (secondary N) is 2. The highest BCUT2D eigenvalue weighted by Gasteiger charge is 2.23. The lowest BCUT2D eigenvalue weighted by atomic mass is 10.0. The molecule has 2 aromatic heterocycles. The summed E-state index contributed by atoms with van der Waals surface area (Å²) in [5, 5.41) is 23.8. The van der Waals surface area contributed by atoms with Gasteiger partial charge in [-0.15, -0.1) is 10.2 Å². The van der Waals surface area contributed by atoms with Crippen molar-refractivity contribution >= 4 is 115 Å². The number of benzene rings is 3. The summed E-state index contributed by atoms with van der Waals surface area (Å²) >= 11 is 12.0. The van der Waals surface area contributed by atoms with Crippen LogP contribution in [0.1, 0.15) is 5.56 Å². The smallest absolute Gasteiger partial charge is 0.397 e. The molecule has 5 rings (SSSR count). The van der Waals surface area contributed by atoms with Gasteiger partial charge in [-0.2, -0.15) is 44.6 Å². The number of aromatic hydroxyl groups is 1. The third kappa shape index (κ3) is 11.6. The summed E-state index contributed by atoms with van der Waals surface area (Å²) in [5.41, 5.74) is -0.895. The van der Waals surface area contributed by atoms with Crippen molar-refractivity contribution in [1.29, 1.82) is 0 Å². The van der Waals surface area contributed by atoms with Crippen LogP contribution in [0.2, 0.25) is 10.3 Å². The van der Waals surface area contributed by atoms with Gasteiger partial charge in [-0.05, 0) is 65.9 Å². The normalized spacial score (nSPS) is 12.6. The molecule has 0 aliphatic rings. The van der Waals surface area contributed by atoms with E-state index in [1.165, 1.54) is 31.0 Å². The number of aryl methyl sites for hydroxylation is 1. The molecule has 23 nitrogen and oxygen atoms in total. The Morgan fingerprint density at radius 1 is 0.881 bits per heavy atom. The van der Waals surface area contributed by atoms with Gasteiger partial charge in [-0.3, -0.25) is 13.7 Å². The van der Waals surface area contributed by atoms with Crippen LogP contribution in [0.4, 0.5) is 44.9 Å². The second-order valence-electron chi connectivity index (χ2n) is 11.9. The van der Waals surface area contributed by atoms with Crippen LogP contribution in [-0.2, 0) is 44.7 Å². The van der Waals surface area contributed by atoms with Gasteiger partial charge in [0, 0.05) is 24.7 Å². The average Bonchev–Trinajstić information content (AvgIpc) is 3.10. The number of azo groups is 1. The molecule has 5 aromatic rings. The molecule has 0 aliphatic carbocycles. The molecular formula is C29H27Cl2FN10O13S4. The summed E-state index contributed by atoms with van der Waals surface area (Å²) in [7, 11) is -17.3. The zero-order valence-electron chi connectivity index (χ0n) is 29.7. The monoisotopic (exact) mass is 940 g/mol. The summed E-state index contributed by atoms with van der Waals surface area (Å²) < 4.78 is 142. The van der Waals surface area contributed by atoms with Gasteiger partial charge in [0.05, 0.1) is 28.7 Å². The number of aromatic nitrogens is 5. The zero-order chi connectivity index (χ0) is 43.7. The summed E-state index contributed by atoms with van der Waals surface area (Å²) in [4.78, 5) is 19.0. The molecule has 0 fully saturated rings. The van der Waals surface area contributed by atoms with Crippen LogP contribution in [0, 0.1) is 12.9 Å². The first-order chi connectivity index (χ1) is 27.3. The fourth-order valence-electron chi connectivity index (χ4n) is 4.99.